The van der Waals surface area contributed by atoms with E-state index in [2.05, 4.69) is 52.3 Å². The first-order chi connectivity index (χ1) is 13.6. The van der Waals surface area contributed by atoms with Crippen LogP contribution in [0.25, 0.3) is 10.8 Å². The van der Waals surface area contributed by atoms with Crippen molar-refractivity contribution < 1.29 is 9.53 Å². The fourth-order valence-electron chi connectivity index (χ4n) is 4.45. The van der Waals surface area contributed by atoms with Crippen molar-refractivity contribution in [1.29, 1.82) is 0 Å². The molecule has 2 heterocycles. The molecule has 0 N–H and O–H groups in total. The van der Waals surface area contributed by atoms with Gasteiger partial charge in [0.15, 0.2) is 0 Å². The van der Waals surface area contributed by atoms with Gasteiger partial charge < -0.3 is 9.64 Å². The van der Waals surface area contributed by atoms with E-state index in [1.54, 1.807) is 0 Å². The molecule has 0 bridgehead atoms. The fourth-order valence-corrected chi connectivity index (χ4v) is 4.45. The van der Waals surface area contributed by atoms with Crippen LogP contribution in [0.4, 0.5) is 0 Å². The molecule has 0 aliphatic carbocycles. The van der Waals surface area contributed by atoms with E-state index < -0.39 is 0 Å². The van der Waals surface area contributed by atoms with Crippen LogP contribution in [0.3, 0.4) is 0 Å². The van der Waals surface area contributed by atoms with E-state index >= 15 is 0 Å². The maximum Gasteiger partial charge on any atom is 0.236 e. The highest BCUT2D eigenvalue weighted by Crippen LogP contribution is 2.20. The minimum absolute atomic E-state index is 0.130. The molecule has 0 unspecified atom stereocenters. The summed E-state index contributed by atoms with van der Waals surface area (Å²) in [5.41, 5.74) is 1.39. The number of hydrogen-bond donors (Lipinski definition) is 0. The number of benzene rings is 2. The van der Waals surface area contributed by atoms with Gasteiger partial charge in [0.05, 0.1) is 18.8 Å². The maximum atomic E-state index is 12.7. The Balaban J connectivity index is 1.29. The van der Waals surface area contributed by atoms with Crippen molar-refractivity contribution in [3.63, 3.8) is 0 Å². The van der Waals surface area contributed by atoms with Crippen LogP contribution >= 0.6 is 0 Å². The smallest absolute Gasteiger partial charge is 0.236 e. The number of nitrogens with zero attached hydrogens (tertiary/aromatic N) is 3. The predicted molar refractivity (Wildman–Crippen MR) is 112 cm³/mol. The van der Waals surface area contributed by atoms with E-state index in [4.69, 9.17) is 4.74 Å². The van der Waals surface area contributed by atoms with E-state index in [1.165, 1.54) is 16.3 Å². The third-order valence-electron chi connectivity index (χ3n) is 5.87. The molecule has 4 rings (SSSR count). The number of amides is 1. The molecule has 2 aromatic rings. The van der Waals surface area contributed by atoms with Gasteiger partial charge in [-0.25, -0.2) is 0 Å². The zero-order valence-corrected chi connectivity index (χ0v) is 17.0. The van der Waals surface area contributed by atoms with Crippen LogP contribution in [-0.4, -0.2) is 78.6 Å². The SMILES string of the molecule is C[C@@H]1CN(C(=O)CN2CCN(Cc3cccc4ccccc34)CC2)C[C@H](C)O1. The molecule has 2 atom stereocenters. The van der Waals surface area contributed by atoms with Gasteiger partial charge in [-0.2, -0.15) is 0 Å². The molecule has 0 radical (unpaired) electrons. The van der Waals surface area contributed by atoms with Gasteiger partial charge in [0, 0.05) is 45.8 Å². The van der Waals surface area contributed by atoms with Crippen LogP contribution in [0.2, 0.25) is 0 Å². The average Bonchev–Trinajstić information content (AvgIpc) is 2.69. The molecule has 0 saturated carbocycles. The largest absolute Gasteiger partial charge is 0.372 e. The normalized spacial score (nSPS) is 24.6. The molecule has 2 aromatic carbocycles. The molecule has 5 nitrogen and oxygen atoms in total. The third kappa shape index (κ3) is 4.54. The Morgan fingerprint density at radius 2 is 1.57 bits per heavy atom. The molecule has 0 spiro atoms. The van der Waals surface area contributed by atoms with Crippen molar-refractivity contribution in [2.75, 3.05) is 45.8 Å². The molecular weight excluding hydrogens is 350 g/mol. The molecule has 1 amide bonds. The summed E-state index contributed by atoms with van der Waals surface area (Å²) in [4.78, 5) is 19.5. The maximum absolute atomic E-state index is 12.7. The zero-order valence-electron chi connectivity index (χ0n) is 17.0. The molecule has 0 aromatic heterocycles. The fraction of sp³-hybridized carbons (Fsp3) is 0.522. The number of rotatable bonds is 4. The Kier molecular flexibility index (Phi) is 5.95. The highest BCUT2D eigenvalue weighted by Gasteiger charge is 2.28. The Morgan fingerprint density at radius 1 is 0.929 bits per heavy atom. The molecule has 2 aliphatic rings. The number of carbonyl (C=O) groups is 1. The van der Waals surface area contributed by atoms with E-state index in [0.29, 0.717) is 19.6 Å². The second kappa shape index (κ2) is 8.60. The van der Waals surface area contributed by atoms with Crippen LogP contribution in [0.5, 0.6) is 0 Å². The Bertz CT molecular complexity index is 801. The summed E-state index contributed by atoms with van der Waals surface area (Å²) < 4.78 is 5.74. The highest BCUT2D eigenvalue weighted by atomic mass is 16.5. The summed E-state index contributed by atoms with van der Waals surface area (Å²) in [6, 6.07) is 15.2. The standard InChI is InChI=1S/C23H31N3O2/c1-18-14-26(15-19(2)28-18)23(27)17-25-12-10-24(11-13-25)16-21-8-5-7-20-6-3-4-9-22(20)21/h3-9,18-19H,10-17H2,1-2H3/t18-,19+. The number of morpholine rings is 1. The molecule has 2 saturated heterocycles. The number of ether oxygens (including phenoxy) is 1. The minimum Gasteiger partial charge on any atom is -0.372 e. The molecule has 2 aliphatic heterocycles. The first kappa shape index (κ1) is 19.4. The van der Waals surface area contributed by atoms with Gasteiger partial charge in [-0.3, -0.25) is 14.6 Å². The first-order valence-corrected chi connectivity index (χ1v) is 10.4. The molecule has 2 fully saturated rings. The van der Waals surface area contributed by atoms with Crippen molar-refractivity contribution >= 4 is 16.7 Å². The van der Waals surface area contributed by atoms with Crippen molar-refractivity contribution in [2.45, 2.75) is 32.6 Å². The van der Waals surface area contributed by atoms with Crippen LogP contribution in [0.1, 0.15) is 19.4 Å². The van der Waals surface area contributed by atoms with E-state index in [1.807, 2.05) is 18.7 Å². The lowest BCUT2D eigenvalue weighted by Crippen LogP contribution is -2.53. The van der Waals surface area contributed by atoms with Gasteiger partial charge in [0.25, 0.3) is 0 Å². The lowest BCUT2D eigenvalue weighted by Gasteiger charge is -2.38. The lowest BCUT2D eigenvalue weighted by atomic mass is 10.0. The zero-order chi connectivity index (χ0) is 19.5. The second-order valence-corrected chi connectivity index (χ2v) is 8.25. The monoisotopic (exact) mass is 381 g/mol. The molecule has 28 heavy (non-hydrogen) atoms. The first-order valence-electron chi connectivity index (χ1n) is 10.4. The molecular formula is C23H31N3O2. The summed E-state index contributed by atoms with van der Waals surface area (Å²) in [6.45, 7) is 10.9. The van der Waals surface area contributed by atoms with Gasteiger partial charge >= 0.3 is 0 Å². The third-order valence-corrected chi connectivity index (χ3v) is 5.87. The van der Waals surface area contributed by atoms with Crippen LogP contribution in [0.15, 0.2) is 42.5 Å². The van der Waals surface area contributed by atoms with E-state index in [-0.39, 0.29) is 18.1 Å². The number of fused-ring (bicyclic) bond motifs is 1. The van der Waals surface area contributed by atoms with Gasteiger partial charge in [-0.05, 0) is 30.2 Å². The van der Waals surface area contributed by atoms with Crippen LogP contribution < -0.4 is 0 Å². The summed E-state index contributed by atoms with van der Waals surface area (Å²) in [7, 11) is 0. The topological polar surface area (TPSA) is 36.0 Å². The minimum atomic E-state index is 0.130. The van der Waals surface area contributed by atoms with Gasteiger partial charge in [-0.1, -0.05) is 42.5 Å². The van der Waals surface area contributed by atoms with Gasteiger partial charge in [0.1, 0.15) is 0 Å². The lowest BCUT2D eigenvalue weighted by molar-refractivity contribution is -0.144. The number of hydrogen-bond acceptors (Lipinski definition) is 4. The van der Waals surface area contributed by atoms with Gasteiger partial charge in [-0.15, -0.1) is 0 Å². The number of carbonyl (C=O) groups excluding carboxylic acids is 1. The van der Waals surface area contributed by atoms with Crippen LogP contribution in [-0.2, 0) is 16.1 Å². The van der Waals surface area contributed by atoms with Crippen molar-refractivity contribution in [3.05, 3.63) is 48.0 Å². The quantitative estimate of drug-likeness (QED) is 0.816. The van der Waals surface area contributed by atoms with Crippen molar-refractivity contribution in [2.24, 2.45) is 0 Å². The molecule has 150 valence electrons. The van der Waals surface area contributed by atoms with E-state index in [0.717, 1.165) is 32.7 Å². The second-order valence-electron chi connectivity index (χ2n) is 8.25. The predicted octanol–water partition coefficient (Wildman–Crippen LogP) is 2.59. The van der Waals surface area contributed by atoms with Gasteiger partial charge in [0.2, 0.25) is 5.91 Å². The van der Waals surface area contributed by atoms with Crippen molar-refractivity contribution in [1.82, 2.24) is 14.7 Å². The summed E-state index contributed by atoms with van der Waals surface area (Å²) >= 11 is 0. The summed E-state index contributed by atoms with van der Waals surface area (Å²) in [5.74, 6) is 0.240. The van der Waals surface area contributed by atoms with E-state index in [9.17, 15) is 4.79 Å². The Morgan fingerprint density at radius 3 is 2.32 bits per heavy atom. The summed E-state index contributed by atoms with van der Waals surface area (Å²) in [6.07, 6.45) is 0.260. The highest BCUT2D eigenvalue weighted by molar-refractivity contribution is 5.85. The Labute approximate surface area is 167 Å². The number of piperazine rings is 1. The average molecular weight is 382 g/mol. The van der Waals surface area contributed by atoms with Crippen LogP contribution in [0, 0.1) is 0 Å². The molecule has 5 heteroatoms. The van der Waals surface area contributed by atoms with Crippen molar-refractivity contribution in [3.8, 4) is 0 Å². The Hall–Kier alpha value is -1.95. The summed E-state index contributed by atoms with van der Waals surface area (Å²) in [5, 5.41) is 2.65.